The van der Waals surface area contributed by atoms with E-state index >= 15 is 0 Å². The Bertz CT molecular complexity index is 624. The Kier molecular flexibility index (Phi) is 4.31. The number of aryl methyl sites for hydroxylation is 1. The Morgan fingerprint density at radius 2 is 1.90 bits per heavy atom. The molecule has 0 aliphatic rings. The maximum Gasteiger partial charge on any atom is 0.223 e. The van der Waals surface area contributed by atoms with Crippen molar-refractivity contribution in [1.29, 1.82) is 5.26 Å². The third kappa shape index (κ3) is 3.55. The van der Waals surface area contributed by atoms with Crippen molar-refractivity contribution in [2.75, 3.05) is 5.32 Å². The number of nitriles is 1. The van der Waals surface area contributed by atoms with Crippen molar-refractivity contribution in [2.45, 2.75) is 33.2 Å². The summed E-state index contributed by atoms with van der Waals surface area (Å²) in [4.78, 5) is 8.90. The number of hydrogen-bond donors (Lipinski definition) is 1. The molecular weight excluding hydrogens is 248 g/mol. The highest BCUT2D eigenvalue weighted by molar-refractivity contribution is 5.34. The lowest BCUT2D eigenvalue weighted by Crippen LogP contribution is -2.07. The van der Waals surface area contributed by atoms with Crippen molar-refractivity contribution >= 4 is 5.95 Å². The van der Waals surface area contributed by atoms with Crippen molar-refractivity contribution in [3.8, 4) is 6.07 Å². The van der Waals surface area contributed by atoms with E-state index in [1.807, 2.05) is 37.3 Å². The van der Waals surface area contributed by atoms with E-state index in [1.165, 1.54) is 0 Å². The number of rotatable bonds is 4. The Morgan fingerprint density at radius 1 is 1.20 bits per heavy atom. The van der Waals surface area contributed by atoms with Gasteiger partial charge in [-0.25, -0.2) is 9.97 Å². The van der Waals surface area contributed by atoms with E-state index < -0.39 is 0 Å². The minimum absolute atomic E-state index is 0.382. The molecule has 102 valence electrons. The van der Waals surface area contributed by atoms with E-state index in [0.29, 0.717) is 24.0 Å². The summed E-state index contributed by atoms with van der Waals surface area (Å²) in [6.07, 6.45) is 0. The normalized spacial score (nSPS) is 10.3. The van der Waals surface area contributed by atoms with Crippen LogP contribution in [0.2, 0.25) is 0 Å². The summed E-state index contributed by atoms with van der Waals surface area (Å²) in [5.74, 6) is 1.03. The lowest BCUT2D eigenvalue weighted by Gasteiger charge is -2.10. The zero-order valence-electron chi connectivity index (χ0n) is 12.0. The third-order valence-corrected chi connectivity index (χ3v) is 3.00. The Hall–Kier alpha value is -2.41. The molecule has 0 saturated heterocycles. The number of benzene rings is 1. The molecule has 0 bridgehead atoms. The number of nitrogens with one attached hydrogen (secondary N) is 1. The van der Waals surface area contributed by atoms with Gasteiger partial charge in [-0.1, -0.05) is 26.0 Å². The molecule has 2 aromatic rings. The van der Waals surface area contributed by atoms with Crippen LogP contribution in [0, 0.1) is 18.3 Å². The van der Waals surface area contributed by atoms with Gasteiger partial charge in [0.2, 0.25) is 5.95 Å². The highest BCUT2D eigenvalue weighted by Crippen LogP contribution is 2.15. The summed E-state index contributed by atoms with van der Waals surface area (Å²) < 4.78 is 0. The molecule has 0 amide bonds. The number of nitrogens with zero attached hydrogens (tertiary/aromatic N) is 3. The molecule has 0 aliphatic heterocycles. The highest BCUT2D eigenvalue weighted by Gasteiger charge is 2.05. The third-order valence-electron chi connectivity index (χ3n) is 3.00. The van der Waals surface area contributed by atoms with Crippen LogP contribution in [0.15, 0.2) is 30.3 Å². The molecule has 2 rings (SSSR count). The SMILES string of the molecule is Cc1cc(C(C)C)nc(NCc2ccc(C#N)cc2)n1. The Labute approximate surface area is 119 Å². The van der Waals surface area contributed by atoms with E-state index in [4.69, 9.17) is 5.26 Å². The first kappa shape index (κ1) is 14.0. The molecule has 20 heavy (non-hydrogen) atoms. The quantitative estimate of drug-likeness (QED) is 0.921. The van der Waals surface area contributed by atoms with Crippen LogP contribution in [-0.4, -0.2) is 9.97 Å². The molecule has 0 unspecified atom stereocenters. The van der Waals surface area contributed by atoms with Crippen LogP contribution in [0.25, 0.3) is 0 Å². The zero-order valence-corrected chi connectivity index (χ0v) is 12.0. The predicted octanol–water partition coefficient (Wildman–Crippen LogP) is 3.39. The van der Waals surface area contributed by atoms with Gasteiger partial charge in [-0.15, -0.1) is 0 Å². The molecule has 0 saturated carbocycles. The van der Waals surface area contributed by atoms with Gasteiger partial charge in [-0.05, 0) is 36.6 Å². The summed E-state index contributed by atoms with van der Waals surface area (Å²) in [6, 6.07) is 11.6. The molecule has 0 spiro atoms. The van der Waals surface area contributed by atoms with Crippen molar-refractivity contribution in [3.63, 3.8) is 0 Å². The summed E-state index contributed by atoms with van der Waals surface area (Å²) in [7, 11) is 0. The number of anilines is 1. The standard InChI is InChI=1S/C16H18N4/c1-11(2)15-8-12(3)19-16(20-15)18-10-14-6-4-13(9-17)5-7-14/h4-8,11H,10H2,1-3H3,(H,18,19,20). The fourth-order valence-corrected chi connectivity index (χ4v) is 1.85. The first-order valence-electron chi connectivity index (χ1n) is 6.67. The fourth-order valence-electron chi connectivity index (χ4n) is 1.85. The second-order valence-corrected chi connectivity index (χ2v) is 5.07. The van der Waals surface area contributed by atoms with Gasteiger partial charge < -0.3 is 5.32 Å². The lowest BCUT2D eigenvalue weighted by molar-refractivity contribution is 0.808. The molecule has 4 heteroatoms. The minimum Gasteiger partial charge on any atom is -0.350 e. The van der Waals surface area contributed by atoms with E-state index in [0.717, 1.165) is 17.0 Å². The van der Waals surface area contributed by atoms with Crippen molar-refractivity contribution in [2.24, 2.45) is 0 Å². The van der Waals surface area contributed by atoms with Crippen LogP contribution < -0.4 is 5.32 Å². The molecule has 1 aromatic carbocycles. The smallest absolute Gasteiger partial charge is 0.223 e. The van der Waals surface area contributed by atoms with Gasteiger partial charge in [-0.2, -0.15) is 5.26 Å². The van der Waals surface area contributed by atoms with Gasteiger partial charge in [0.25, 0.3) is 0 Å². The first-order valence-corrected chi connectivity index (χ1v) is 6.67. The van der Waals surface area contributed by atoms with Gasteiger partial charge in [0.05, 0.1) is 11.6 Å². The molecule has 4 nitrogen and oxygen atoms in total. The van der Waals surface area contributed by atoms with Gasteiger partial charge in [0.15, 0.2) is 0 Å². The van der Waals surface area contributed by atoms with Gasteiger partial charge in [0.1, 0.15) is 0 Å². The molecular formula is C16H18N4. The summed E-state index contributed by atoms with van der Waals surface area (Å²) in [6.45, 7) is 6.85. The van der Waals surface area contributed by atoms with Gasteiger partial charge >= 0.3 is 0 Å². The second-order valence-electron chi connectivity index (χ2n) is 5.07. The monoisotopic (exact) mass is 266 g/mol. The van der Waals surface area contributed by atoms with E-state index in [1.54, 1.807) is 0 Å². The topological polar surface area (TPSA) is 61.6 Å². The molecule has 0 atom stereocenters. The maximum absolute atomic E-state index is 8.76. The van der Waals surface area contributed by atoms with E-state index in [2.05, 4.69) is 35.2 Å². The average Bonchev–Trinajstić information content (AvgIpc) is 2.45. The van der Waals surface area contributed by atoms with Crippen molar-refractivity contribution in [1.82, 2.24) is 9.97 Å². The zero-order chi connectivity index (χ0) is 14.5. The van der Waals surface area contributed by atoms with Crippen LogP contribution in [0.5, 0.6) is 0 Å². The van der Waals surface area contributed by atoms with Crippen LogP contribution in [0.1, 0.15) is 42.3 Å². The van der Waals surface area contributed by atoms with Crippen LogP contribution in [-0.2, 0) is 6.54 Å². The molecule has 1 N–H and O–H groups in total. The first-order chi connectivity index (χ1) is 9.58. The van der Waals surface area contributed by atoms with Crippen molar-refractivity contribution < 1.29 is 0 Å². The average molecular weight is 266 g/mol. The number of hydrogen-bond acceptors (Lipinski definition) is 4. The minimum atomic E-state index is 0.382. The van der Waals surface area contributed by atoms with Gasteiger partial charge in [-0.3, -0.25) is 0 Å². The van der Waals surface area contributed by atoms with Crippen LogP contribution >= 0.6 is 0 Å². The largest absolute Gasteiger partial charge is 0.350 e. The van der Waals surface area contributed by atoms with Crippen LogP contribution in [0.4, 0.5) is 5.95 Å². The van der Waals surface area contributed by atoms with Crippen molar-refractivity contribution in [3.05, 3.63) is 52.8 Å². The maximum atomic E-state index is 8.76. The Morgan fingerprint density at radius 3 is 2.50 bits per heavy atom. The summed E-state index contributed by atoms with van der Waals surface area (Å²) >= 11 is 0. The number of aromatic nitrogens is 2. The second kappa shape index (κ2) is 6.16. The Balaban J connectivity index is 2.08. The molecule has 1 aromatic heterocycles. The molecule has 0 fully saturated rings. The fraction of sp³-hybridized carbons (Fsp3) is 0.312. The molecule has 0 aliphatic carbocycles. The highest BCUT2D eigenvalue weighted by atomic mass is 15.1. The van der Waals surface area contributed by atoms with Gasteiger partial charge in [0, 0.05) is 17.9 Å². The van der Waals surface area contributed by atoms with E-state index in [9.17, 15) is 0 Å². The van der Waals surface area contributed by atoms with Crippen LogP contribution in [0.3, 0.4) is 0 Å². The summed E-state index contributed by atoms with van der Waals surface area (Å²) in [5.41, 5.74) is 3.77. The summed E-state index contributed by atoms with van der Waals surface area (Å²) in [5, 5.41) is 12.0. The lowest BCUT2D eigenvalue weighted by atomic mass is 10.1. The molecule has 0 radical (unpaired) electrons. The molecule has 1 heterocycles. The predicted molar refractivity (Wildman–Crippen MR) is 79.3 cm³/mol. The van der Waals surface area contributed by atoms with E-state index in [-0.39, 0.29) is 0 Å².